The fourth-order valence-electron chi connectivity index (χ4n) is 1.50. The molecule has 0 spiro atoms. The van der Waals surface area contributed by atoms with Gasteiger partial charge in [-0.25, -0.2) is 4.79 Å². The van der Waals surface area contributed by atoms with Crippen LogP contribution in [-0.4, -0.2) is 16.2 Å². The first-order valence-electron chi connectivity index (χ1n) is 4.54. The van der Waals surface area contributed by atoms with Gasteiger partial charge >= 0.3 is 11.6 Å². The second kappa shape index (κ2) is 3.69. The number of hydrogen-bond acceptors (Lipinski definition) is 4. The SMILES string of the molecule is O=C(O)Cc1c(O)ccc2ccc(=O)oc12. The fraction of sp³-hybridized carbons (Fsp3) is 0.0909. The molecule has 0 aliphatic rings. The Hall–Kier alpha value is -2.30. The number of aromatic hydroxyl groups is 1. The zero-order valence-electron chi connectivity index (χ0n) is 8.14. The van der Waals surface area contributed by atoms with Crippen LogP contribution < -0.4 is 5.63 Å². The van der Waals surface area contributed by atoms with E-state index in [0.29, 0.717) is 5.39 Å². The zero-order valence-corrected chi connectivity index (χ0v) is 8.14. The van der Waals surface area contributed by atoms with E-state index in [1.165, 1.54) is 18.2 Å². The van der Waals surface area contributed by atoms with Gasteiger partial charge in [0.25, 0.3) is 0 Å². The Balaban J connectivity index is 2.77. The number of carboxylic acids is 1. The Morgan fingerprint density at radius 1 is 1.25 bits per heavy atom. The van der Waals surface area contributed by atoms with E-state index in [9.17, 15) is 14.7 Å². The van der Waals surface area contributed by atoms with Gasteiger partial charge < -0.3 is 14.6 Å². The van der Waals surface area contributed by atoms with Gasteiger partial charge in [-0.1, -0.05) is 0 Å². The molecule has 0 saturated heterocycles. The van der Waals surface area contributed by atoms with Crippen molar-refractivity contribution in [3.05, 3.63) is 40.2 Å². The van der Waals surface area contributed by atoms with Crippen LogP contribution in [0.1, 0.15) is 5.56 Å². The number of fused-ring (bicyclic) bond motifs is 1. The minimum absolute atomic E-state index is 0.114. The van der Waals surface area contributed by atoms with Crippen LogP contribution in [0.15, 0.2) is 33.5 Å². The standard InChI is InChI=1S/C11H8O5/c12-8-3-1-6-2-4-10(15)16-11(6)7(8)5-9(13)14/h1-4,12H,5H2,(H,13,14). The number of carboxylic acid groups (broad SMARTS) is 1. The molecule has 1 heterocycles. The van der Waals surface area contributed by atoms with Gasteiger partial charge in [-0.2, -0.15) is 0 Å². The van der Waals surface area contributed by atoms with Crippen LogP contribution in [0.25, 0.3) is 11.0 Å². The van der Waals surface area contributed by atoms with Crippen LogP contribution in [0.4, 0.5) is 0 Å². The summed E-state index contributed by atoms with van der Waals surface area (Å²) in [6, 6.07) is 5.69. The maximum atomic E-state index is 11.0. The average Bonchev–Trinajstić information content (AvgIpc) is 2.22. The van der Waals surface area contributed by atoms with Gasteiger partial charge in [0.1, 0.15) is 11.3 Å². The molecule has 0 fully saturated rings. The summed E-state index contributed by atoms with van der Waals surface area (Å²) in [5.74, 6) is -1.29. The van der Waals surface area contributed by atoms with E-state index in [0.717, 1.165) is 0 Å². The third-order valence-electron chi connectivity index (χ3n) is 2.20. The minimum Gasteiger partial charge on any atom is -0.508 e. The van der Waals surface area contributed by atoms with E-state index in [-0.39, 0.29) is 16.9 Å². The lowest BCUT2D eigenvalue weighted by atomic mass is 10.1. The van der Waals surface area contributed by atoms with Gasteiger partial charge in [-0.3, -0.25) is 4.79 Å². The van der Waals surface area contributed by atoms with Crippen molar-refractivity contribution in [3.8, 4) is 5.75 Å². The van der Waals surface area contributed by atoms with Crippen LogP contribution in [0, 0.1) is 0 Å². The highest BCUT2D eigenvalue weighted by Gasteiger charge is 2.13. The first-order chi connectivity index (χ1) is 7.58. The maximum Gasteiger partial charge on any atom is 0.336 e. The zero-order chi connectivity index (χ0) is 11.7. The van der Waals surface area contributed by atoms with Crippen LogP contribution in [0.5, 0.6) is 5.75 Å². The first-order valence-corrected chi connectivity index (χ1v) is 4.54. The summed E-state index contributed by atoms with van der Waals surface area (Å²) in [7, 11) is 0. The maximum absolute atomic E-state index is 11.0. The molecule has 0 saturated carbocycles. The third-order valence-corrected chi connectivity index (χ3v) is 2.20. The minimum atomic E-state index is -1.10. The molecule has 16 heavy (non-hydrogen) atoms. The molecule has 2 rings (SSSR count). The molecule has 1 aromatic heterocycles. The molecule has 0 aliphatic carbocycles. The van der Waals surface area contributed by atoms with Crippen molar-refractivity contribution < 1.29 is 19.4 Å². The fourth-order valence-corrected chi connectivity index (χ4v) is 1.50. The Labute approximate surface area is 89.6 Å². The van der Waals surface area contributed by atoms with Crippen molar-refractivity contribution in [3.63, 3.8) is 0 Å². The van der Waals surface area contributed by atoms with Crippen molar-refractivity contribution in [2.45, 2.75) is 6.42 Å². The number of benzene rings is 1. The second-order valence-corrected chi connectivity index (χ2v) is 3.31. The third kappa shape index (κ3) is 1.75. The average molecular weight is 220 g/mol. The van der Waals surface area contributed by atoms with Crippen LogP contribution in [-0.2, 0) is 11.2 Å². The molecule has 5 nitrogen and oxygen atoms in total. The number of hydrogen-bond donors (Lipinski definition) is 2. The Morgan fingerprint density at radius 3 is 2.62 bits per heavy atom. The number of aliphatic carboxylic acids is 1. The Kier molecular flexibility index (Phi) is 2.36. The van der Waals surface area contributed by atoms with E-state index in [1.807, 2.05) is 0 Å². The smallest absolute Gasteiger partial charge is 0.336 e. The van der Waals surface area contributed by atoms with Gasteiger partial charge in [-0.15, -0.1) is 0 Å². The van der Waals surface area contributed by atoms with Crippen molar-refractivity contribution >= 4 is 16.9 Å². The summed E-state index contributed by atoms with van der Waals surface area (Å²) in [6.07, 6.45) is -0.393. The van der Waals surface area contributed by atoms with Crippen molar-refractivity contribution in [1.82, 2.24) is 0 Å². The lowest BCUT2D eigenvalue weighted by Crippen LogP contribution is -2.03. The number of phenols is 1. The van der Waals surface area contributed by atoms with Crippen molar-refractivity contribution in [1.29, 1.82) is 0 Å². The van der Waals surface area contributed by atoms with Gasteiger partial charge in [0.15, 0.2) is 0 Å². The topological polar surface area (TPSA) is 87.7 Å². The molecule has 0 bridgehead atoms. The number of rotatable bonds is 2. The summed E-state index contributed by atoms with van der Waals surface area (Å²) in [6.45, 7) is 0. The van der Waals surface area contributed by atoms with Gasteiger partial charge in [0.2, 0.25) is 0 Å². The van der Waals surface area contributed by atoms with Gasteiger partial charge in [0.05, 0.1) is 6.42 Å². The number of carbonyl (C=O) groups is 1. The van der Waals surface area contributed by atoms with Crippen LogP contribution >= 0.6 is 0 Å². The first kappa shape index (κ1) is 10.2. The monoisotopic (exact) mass is 220 g/mol. The summed E-state index contributed by atoms with van der Waals surface area (Å²) in [4.78, 5) is 21.7. The Morgan fingerprint density at radius 2 is 1.94 bits per heavy atom. The molecule has 5 heteroatoms. The largest absolute Gasteiger partial charge is 0.508 e. The predicted octanol–water partition coefficient (Wildman–Crippen LogP) is 1.13. The summed E-state index contributed by atoms with van der Waals surface area (Å²) >= 11 is 0. The molecule has 0 aliphatic heterocycles. The van der Waals surface area contributed by atoms with Gasteiger partial charge in [-0.05, 0) is 18.2 Å². The molecule has 82 valence electrons. The quantitative estimate of drug-likeness (QED) is 0.740. The van der Waals surface area contributed by atoms with E-state index in [1.54, 1.807) is 6.07 Å². The predicted molar refractivity (Wildman–Crippen MR) is 55.5 cm³/mol. The van der Waals surface area contributed by atoms with E-state index >= 15 is 0 Å². The van der Waals surface area contributed by atoms with Crippen molar-refractivity contribution in [2.24, 2.45) is 0 Å². The molecule has 0 atom stereocenters. The molecule has 0 radical (unpaired) electrons. The summed E-state index contributed by atoms with van der Waals surface area (Å²) < 4.78 is 4.90. The molecule has 2 N–H and O–H groups in total. The lowest BCUT2D eigenvalue weighted by Gasteiger charge is -2.04. The highest BCUT2D eigenvalue weighted by atomic mass is 16.4. The van der Waals surface area contributed by atoms with E-state index in [2.05, 4.69) is 0 Å². The normalized spacial score (nSPS) is 10.5. The van der Waals surface area contributed by atoms with Crippen molar-refractivity contribution in [2.75, 3.05) is 0 Å². The molecule has 2 aromatic rings. The van der Waals surface area contributed by atoms with E-state index < -0.39 is 18.0 Å². The molecule has 1 aromatic carbocycles. The summed E-state index contributed by atoms with van der Waals surface area (Å²) in [5, 5.41) is 18.8. The van der Waals surface area contributed by atoms with E-state index in [4.69, 9.17) is 9.52 Å². The van der Waals surface area contributed by atoms with Gasteiger partial charge in [0, 0.05) is 17.0 Å². The molecular weight excluding hydrogens is 212 g/mol. The molecule has 0 unspecified atom stereocenters. The highest BCUT2D eigenvalue weighted by molar-refractivity contribution is 5.86. The van der Waals surface area contributed by atoms with Crippen LogP contribution in [0.2, 0.25) is 0 Å². The second-order valence-electron chi connectivity index (χ2n) is 3.31. The Bertz CT molecular complexity index is 611. The summed E-state index contributed by atoms with van der Waals surface area (Å²) in [5.41, 5.74) is -0.345. The molecule has 0 amide bonds. The molecular formula is C11H8O5. The van der Waals surface area contributed by atoms with Crippen LogP contribution in [0.3, 0.4) is 0 Å². The highest BCUT2D eigenvalue weighted by Crippen LogP contribution is 2.26. The lowest BCUT2D eigenvalue weighted by molar-refractivity contribution is -0.136. The number of phenolic OH excluding ortho intramolecular Hbond substituents is 1.